The second-order valence-electron chi connectivity index (χ2n) is 32.6. The number of fused-ring (bicyclic) bond motifs is 15. The predicted octanol–water partition coefficient (Wildman–Crippen LogP) is -8.69. The van der Waals surface area contributed by atoms with Crippen LogP contribution in [0.3, 0.4) is 0 Å². The molecule has 4 heterocycles. The van der Waals surface area contributed by atoms with Crippen LogP contribution in [0.15, 0.2) is 0 Å². The van der Waals surface area contributed by atoms with E-state index < -0.39 is 305 Å². The van der Waals surface area contributed by atoms with Gasteiger partial charge in [-0.25, -0.2) is 0 Å². The Morgan fingerprint density at radius 1 is 0.259 bits per heavy atom. The lowest BCUT2D eigenvalue weighted by molar-refractivity contribution is -0.136. The Morgan fingerprint density at radius 3 is 0.704 bits per heavy atom. The van der Waals surface area contributed by atoms with Crippen molar-refractivity contribution >= 4 is 201 Å². The molecule has 19 atom stereocenters. The lowest BCUT2D eigenvalue weighted by Gasteiger charge is -2.31. The molecule has 51 nitrogen and oxygen atoms in total. The van der Waals surface area contributed by atoms with Crippen LogP contribution in [0.4, 0.5) is 0 Å². The molecule has 0 aliphatic carbocycles. The Balaban J connectivity index is 2.14. The van der Waals surface area contributed by atoms with Crippen molar-refractivity contribution in [3.63, 3.8) is 0 Å². The fourth-order valence-corrected chi connectivity index (χ4v) is 20.3. The first-order chi connectivity index (χ1) is 64.0. The van der Waals surface area contributed by atoms with Crippen molar-refractivity contribution < 1.29 is 86.3 Å². The van der Waals surface area contributed by atoms with E-state index in [9.17, 15) is 43.2 Å². The minimum Gasteiger partial charge on any atom is -0.370 e. The molecule has 0 aromatic rings. The minimum absolute atomic E-state index is 0.00944. The molecule has 0 spiro atoms. The molecule has 0 saturated carbocycles. The third-order valence-corrected chi connectivity index (χ3v) is 29.3. The number of nitrogens with two attached hydrogens (primary N) is 5. The SMILES string of the molecule is CC[C@H](C)[C@@H]1NC(=O)CNC(=O)[C@H](CCCNC(=N)N)NC(=O)CNC(=O)[C@@H]2CSSC[C@H](NC1=O)C(=O)N[C@@H](CCCNC(=N)N)C(=O)N[C@H]1CSSC[C@H](NC(=O)[C@H](CCCNC(=N)N)NC(=O)[C@@H]3CSSC[C@H](NC(=O)[C@H]([C@@H](C)CC)NC1=O)C(=O)NCC(=O)NC(CCCNC(=N)N)C(=O)N[C@@H](CCCNC(=N)N)C(=O)N[C@@H]([C@@H](C)CC)C(=O)N3)C(=O)N[C@@H]([C@@H](C)CC)C(=O)N2. The fourth-order valence-electron chi connectivity index (χ4n) is 13.3. The van der Waals surface area contributed by atoms with E-state index in [2.05, 4.69) is 122 Å². The molecule has 4 rings (SSSR count). The van der Waals surface area contributed by atoms with Crippen LogP contribution in [0.5, 0.6) is 0 Å². The molecule has 135 heavy (non-hydrogen) atoms. The Bertz CT molecular complexity index is 4130. The Hall–Kier alpha value is -11.1. The maximum atomic E-state index is 15.6. The standard InChI is InChI=1S/C78H137N33O18S6/c1-9-37(5)55-70(126)106-48-33-132-130-31-46(60(116)95-28-52(112)97-41(18-13-23-89-74(79)80)59(115)94-30-54(114)108-55)104-71(127)57(39(7)11-3)110-69(125)51-36-135-134-35-50(102-63(119)43(100-66(48)122)20-15-25-91-76(83)84)68(124)111-58(40(8)12-4)72(128)105-47-32-131-133-34-49(67(123)101-44(64(120)103-51)21-16-26-92-77(85)86)107-73(129)56(38(6)10-2)109-65(121)45(22-17-27-93-78(87)88)99-62(118)42(19-14-24-90-75(81)82)98-53(113)29-96-61(47)117/h37-51,55-58H,9-36H2,1-8H3,(H,94,115)(H,95,116)(H,96,117)(H,97,112)(H,98,113)(H,99,118)(H,100,122)(H,101,123)(H,102,119)(H,103,120)(H,104,127)(H,105,128)(H,106,126)(H,107,129)(H,108,114)(H,109,121)(H,110,125)(H,111,124)(H4,79,80,89)(H4,81,82,90)(H4,83,84,91)(H4,85,86,92)(H4,87,88,93)/t37-,38-,39-,40-,41-,42?,43-,44-,45-,46-,47-,48-,49-,50-,51-,55-,56-,57-,58-/m0/s1. The van der Waals surface area contributed by atoms with E-state index in [1.54, 1.807) is 55.4 Å². The third-order valence-electron chi connectivity index (χ3n) is 22.0. The highest BCUT2D eigenvalue weighted by Gasteiger charge is 2.42. The zero-order chi connectivity index (χ0) is 101. The monoisotopic (exact) mass is 2020 g/mol. The molecular formula is C78H137N33O18S6. The van der Waals surface area contributed by atoms with Gasteiger partial charge in [-0.1, -0.05) is 146 Å². The van der Waals surface area contributed by atoms with Gasteiger partial charge in [0, 0.05) is 67.2 Å². The van der Waals surface area contributed by atoms with E-state index in [1.807, 2.05) is 0 Å². The number of nitrogens with one attached hydrogen (secondary N) is 28. The van der Waals surface area contributed by atoms with E-state index in [4.69, 9.17) is 55.7 Å². The van der Waals surface area contributed by atoms with Gasteiger partial charge in [-0.05, 0) is 87.9 Å². The summed E-state index contributed by atoms with van der Waals surface area (Å²) in [5.41, 5.74) is 28.0. The number of guanidine groups is 5. The molecule has 57 heteroatoms. The molecule has 38 N–H and O–H groups in total. The van der Waals surface area contributed by atoms with Crippen LogP contribution >= 0.6 is 64.8 Å². The number of carbonyl (C=O) groups excluding carboxylic acids is 18. The van der Waals surface area contributed by atoms with Gasteiger partial charge in [-0.2, -0.15) is 0 Å². The van der Waals surface area contributed by atoms with Crippen LogP contribution in [0, 0.1) is 50.7 Å². The highest BCUT2D eigenvalue weighted by Crippen LogP contribution is 2.28. The van der Waals surface area contributed by atoms with E-state index in [1.165, 1.54) is 0 Å². The normalized spacial score (nSPS) is 26.4. The first-order valence-corrected chi connectivity index (χ1v) is 52.0. The molecule has 1 unspecified atom stereocenters. The van der Waals surface area contributed by atoms with Gasteiger partial charge < -0.3 is 151 Å². The summed E-state index contributed by atoms with van der Waals surface area (Å²) in [5.74, 6) is -26.0. The third kappa shape index (κ3) is 43.2. The number of hydrogen-bond acceptors (Lipinski definition) is 29. The summed E-state index contributed by atoms with van der Waals surface area (Å²) >= 11 is 0. The number of amides is 18. The molecule has 4 aliphatic heterocycles. The average molecular weight is 2020 g/mol. The summed E-state index contributed by atoms with van der Waals surface area (Å²) in [6.07, 6.45) is -0.257. The van der Waals surface area contributed by atoms with Crippen molar-refractivity contribution in [1.29, 1.82) is 27.0 Å². The van der Waals surface area contributed by atoms with Gasteiger partial charge in [0.25, 0.3) is 0 Å². The quantitative estimate of drug-likeness (QED) is 0.0150. The number of carbonyl (C=O) groups is 18. The van der Waals surface area contributed by atoms with Crippen molar-refractivity contribution in [3.05, 3.63) is 0 Å². The first kappa shape index (κ1) is 116. The van der Waals surface area contributed by atoms with Crippen LogP contribution < -0.4 is 151 Å². The molecule has 6 bridgehead atoms. The topological polar surface area (TPSA) is 833 Å². The van der Waals surface area contributed by atoms with Crippen molar-refractivity contribution in [3.8, 4) is 0 Å². The molecule has 4 saturated heterocycles. The Kier molecular flexibility index (Phi) is 53.2. The maximum absolute atomic E-state index is 15.6. The van der Waals surface area contributed by atoms with Crippen LogP contribution in [-0.4, -0.2) is 314 Å². The smallest absolute Gasteiger partial charge is 0.244 e. The number of hydrogen-bond donors (Lipinski definition) is 33. The van der Waals surface area contributed by atoms with E-state index in [0.717, 1.165) is 64.8 Å². The maximum Gasteiger partial charge on any atom is 0.244 e. The largest absolute Gasteiger partial charge is 0.370 e. The summed E-state index contributed by atoms with van der Waals surface area (Å²) in [6.45, 7) is 10.6. The molecule has 4 fully saturated rings. The van der Waals surface area contributed by atoms with E-state index in [-0.39, 0.29) is 123 Å². The zero-order valence-electron chi connectivity index (χ0n) is 77.0. The average Bonchev–Trinajstić information content (AvgIpc) is 0.860. The first-order valence-electron chi connectivity index (χ1n) is 44.5. The van der Waals surface area contributed by atoms with Crippen molar-refractivity contribution in [2.75, 3.05) is 86.9 Å². The highest BCUT2D eigenvalue weighted by atomic mass is 33.1. The van der Waals surface area contributed by atoms with Crippen molar-refractivity contribution in [2.45, 2.75) is 236 Å². The Labute approximate surface area is 806 Å². The fraction of sp³-hybridized carbons (Fsp3) is 0.705. The summed E-state index contributed by atoms with van der Waals surface area (Å²) in [4.78, 5) is 269. The van der Waals surface area contributed by atoms with Crippen LogP contribution in [-0.2, 0) is 86.3 Å². The van der Waals surface area contributed by atoms with E-state index >= 15 is 43.2 Å². The van der Waals surface area contributed by atoms with Gasteiger partial charge >= 0.3 is 0 Å². The van der Waals surface area contributed by atoms with Gasteiger partial charge in [-0.15, -0.1) is 0 Å². The van der Waals surface area contributed by atoms with Crippen LogP contribution in [0.25, 0.3) is 0 Å². The van der Waals surface area contributed by atoms with E-state index in [0.29, 0.717) is 0 Å². The molecule has 4 aliphatic rings. The van der Waals surface area contributed by atoms with Crippen molar-refractivity contribution in [1.82, 2.24) is 122 Å². The number of rotatable bonds is 28. The van der Waals surface area contributed by atoms with Crippen LogP contribution in [0.2, 0.25) is 0 Å². The molecular weight excluding hydrogens is 1880 g/mol. The summed E-state index contributed by atoms with van der Waals surface area (Å²) < 4.78 is 0. The molecule has 758 valence electrons. The van der Waals surface area contributed by atoms with Crippen molar-refractivity contribution in [2.24, 2.45) is 52.3 Å². The predicted molar refractivity (Wildman–Crippen MR) is 516 cm³/mol. The Morgan fingerprint density at radius 2 is 0.444 bits per heavy atom. The van der Waals surface area contributed by atoms with Crippen LogP contribution in [0.1, 0.15) is 145 Å². The lowest BCUT2D eigenvalue weighted by Crippen LogP contribution is -2.62. The second-order valence-corrected chi connectivity index (χ2v) is 40.3. The van der Waals surface area contributed by atoms with Gasteiger partial charge in [-0.3, -0.25) is 113 Å². The molecule has 0 aromatic carbocycles. The van der Waals surface area contributed by atoms with Gasteiger partial charge in [0.2, 0.25) is 106 Å². The van der Waals surface area contributed by atoms with Gasteiger partial charge in [0.05, 0.1) is 19.6 Å². The highest BCUT2D eigenvalue weighted by molar-refractivity contribution is 8.77. The minimum atomic E-state index is -1.78. The summed E-state index contributed by atoms with van der Waals surface area (Å²) in [5, 5.41) is 99.4. The summed E-state index contributed by atoms with van der Waals surface area (Å²) in [6, 6.07) is -24.2. The molecule has 18 amide bonds. The summed E-state index contributed by atoms with van der Waals surface area (Å²) in [7, 11) is 5.04. The second kappa shape index (κ2) is 61.8. The zero-order valence-corrected chi connectivity index (χ0v) is 81.9. The lowest BCUT2D eigenvalue weighted by atomic mass is 9.97. The van der Waals surface area contributed by atoms with Gasteiger partial charge in [0.15, 0.2) is 29.8 Å². The molecule has 0 radical (unpaired) electrons. The van der Waals surface area contributed by atoms with Gasteiger partial charge in [0.1, 0.15) is 90.6 Å². The molecule has 0 aromatic heterocycles.